The van der Waals surface area contributed by atoms with Gasteiger partial charge in [-0.3, -0.25) is 0 Å². The van der Waals surface area contributed by atoms with Crippen molar-refractivity contribution in [1.29, 1.82) is 0 Å². The molecule has 22 heteroatoms. The molecule has 0 spiro atoms. The zero-order valence-electron chi connectivity index (χ0n) is 9.92. The molecule has 0 atom stereocenters. The van der Waals surface area contributed by atoms with Crippen LogP contribution in [-0.2, 0) is 17.4 Å². The van der Waals surface area contributed by atoms with Gasteiger partial charge in [-0.2, -0.15) is 0 Å². The predicted molar refractivity (Wildman–Crippen MR) is 63.6 cm³/mol. The Balaban J connectivity index is -0.00000000409. The maximum Gasteiger partial charge on any atom is 0.0689 e. The SMILES string of the molecule is O.O.O.O.O.O.O.O.O.O=[N+]([O-])[O-].O=[N+]([O-])[O-].O=[N+]([O-])[O-].[Cr]. The van der Waals surface area contributed by atoms with Crippen LogP contribution in [0.2, 0.25) is 0 Å². The minimum atomic E-state index is -1.75. The van der Waals surface area contributed by atoms with E-state index in [-0.39, 0.29) is 66.6 Å². The van der Waals surface area contributed by atoms with Crippen molar-refractivity contribution in [2.24, 2.45) is 0 Å². The zero-order valence-corrected chi connectivity index (χ0v) is 11.2. The number of hydrogen-bond acceptors (Lipinski definition) is 9. The first-order valence-electron chi connectivity index (χ1n) is 1.64. The molecule has 0 bridgehead atoms. The van der Waals surface area contributed by atoms with Crippen molar-refractivity contribution in [1.82, 2.24) is 0 Å². The fraction of sp³-hybridized carbons (Fsp3) is 0. The van der Waals surface area contributed by atoms with Crippen molar-refractivity contribution >= 4 is 0 Å². The summed E-state index contributed by atoms with van der Waals surface area (Å²) in [6.07, 6.45) is 0. The molecule has 0 saturated carbocycles. The summed E-state index contributed by atoms with van der Waals surface area (Å²) in [7, 11) is 0. The molecule has 18 N–H and O–H groups in total. The fourth-order valence-electron chi connectivity index (χ4n) is 0. The van der Waals surface area contributed by atoms with Gasteiger partial charge in [0.05, 0.1) is 15.3 Å². The Morgan fingerprint density at radius 2 is 0.364 bits per heavy atom. The molecule has 0 aliphatic carbocycles. The first-order chi connectivity index (χ1) is 5.20. The zero-order chi connectivity index (χ0) is 10.7. The first kappa shape index (κ1) is 152. The molecule has 150 valence electrons. The Hall–Kier alpha value is -2.23. The molecule has 0 heterocycles. The van der Waals surface area contributed by atoms with Crippen molar-refractivity contribution in [3.8, 4) is 0 Å². The maximum absolute atomic E-state index is 8.25. The molecule has 0 radical (unpaired) electrons. The molecule has 0 fully saturated rings. The number of rotatable bonds is 0. The molecule has 22 heavy (non-hydrogen) atoms. The van der Waals surface area contributed by atoms with Crippen molar-refractivity contribution in [3.63, 3.8) is 0 Å². The Kier molecular flexibility index (Phi) is 893. The molecule has 0 aromatic rings. The van der Waals surface area contributed by atoms with Crippen LogP contribution in [0.5, 0.6) is 0 Å². The van der Waals surface area contributed by atoms with Crippen LogP contribution in [0.3, 0.4) is 0 Å². The van der Waals surface area contributed by atoms with Gasteiger partial charge < -0.3 is 95.3 Å². The minimum Gasteiger partial charge on any atom is -0.412 e. The van der Waals surface area contributed by atoms with E-state index in [1.165, 1.54) is 0 Å². The second-order valence-electron chi connectivity index (χ2n) is 0.671. The van der Waals surface area contributed by atoms with E-state index < -0.39 is 15.3 Å². The van der Waals surface area contributed by atoms with Gasteiger partial charge in [0.2, 0.25) is 0 Å². The van der Waals surface area contributed by atoms with Gasteiger partial charge in [-0.25, -0.2) is 0 Å². The average molecular weight is 400 g/mol. The quantitative estimate of drug-likeness (QED) is 0.274. The Morgan fingerprint density at radius 3 is 0.364 bits per heavy atom. The van der Waals surface area contributed by atoms with Crippen molar-refractivity contribution in [2.45, 2.75) is 0 Å². The number of hydrogen-bond donors (Lipinski definition) is 0. The van der Waals surface area contributed by atoms with E-state index in [1.807, 2.05) is 0 Å². The monoisotopic (exact) mass is 400 g/mol. The maximum atomic E-state index is 8.25. The second kappa shape index (κ2) is 129. The van der Waals surface area contributed by atoms with E-state index in [9.17, 15) is 0 Å². The minimum absolute atomic E-state index is 0. The third-order valence-electron chi connectivity index (χ3n) is 0. The number of nitrogens with zero attached hydrogens (tertiary/aromatic N) is 3. The smallest absolute Gasteiger partial charge is 0.0689 e. The van der Waals surface area contributed by atoms with Gasteiger partial charge in [0.25, 0.3) is 0 Å². The van der Waals surface area contributed by atoms with Gasteiger partial charge in [-0.1, -0.05) is 0 Å². The summed E-state index contributed by atoms with van der Waals surface area (Å²) in [5, 5.41) is 44.2. The molecule has 0 saturated heterocycles. The Bertz CT molecular complexity index is 116. The molecule has 21 nitrogen and oxygen atoms in total. The van der Waals surface area contributed by atoms with Crippen LogP contribution in [0.1, 0.15) is 0 Å². The summed E-state index contributed by atoms with van der Waals surface area (Å²) in [6.45, 7) is 0. The third-order valence-corrected chi connectivity index (χ3v) is 0. The molecule has 0 aliphatic heterocycles. The summed E-state index contributed by atoms with van der Waals surface area (Å²) in [5.41, 5.74) is 0. The van der Waals surface area contributed by atoms with E-state index >= 15 is 0 Å². The fourth-order valence-corrected chi connectivity index (χ4v) is 0. The van der Waals surface area contributed by atoms with Crippen LogP contribution >= 0.6 is 0 Å². The molecule has 0 aliphatic rings. The van der Waals surface area contributed by atoms with Gasteiger partial charge >= 0.3 is 0 Å². The molecule has 0 rings (SSSR count). The largest absolute Gasteiger partial charge is 0.412 e. The molecular weight excluding hydrogens is 382 g/mol. The van der Waals surface area contributed by atoms with Crippen LogP contribution < -0.4 is 0 Å². The van der Waals surface area contributed by atoms with Gasteiger partial charge in [0, 0.05) is 17.4 Å². The molecule has 0 aromatic carbocycles. The van der Waals surface area contributed by atoms with E-state index in [0.29, 0.717) is 0 Å². The van der Waals surface area contributed by atoms with Crippen molar-refractivity contribution in [2.75, 3.05) is 0 Å². The molecular formula is H18CrN3O18-3. The van der Waals surface area contributed by atoms with Gasteiger partial charge in [0.15, 0.2) is 0 Å². The predicted octanol–water partition coefficient (Wildman–Crippen LogP) is -8.14. The summed E-state index contributed by atoms with van der Waals surface area (Å²) < 4.78 is 0. The standard InChI is InChI=1S/Cr.3NO3.9H2O/c;3*2-1(3)4;;;;;;;;;/h;;;;9*1H2/q;3*-1;;;;;;;;;. The van der Waals surface area contributed by atoms with Gasteiger partial charge in [-0.05, 0) is 0 Å². The topological polar surface area (TPSA) is 482 Å². The summed E-state index contributed by atoms with van der Waals surface area (Å²) in [6, 6.07) is 0. The molecule has 0 aromatic heterocycles. The van der Waals surface area contributed by atoms with Crippen LogP contribution in [0, 0.1) is 46.0 Å². The summed E-state index contributed by atoms with van der Waals surface area (Å²) in [4.78, 5) is 24.8. The third kappa shape index (κ3) is 1010. The van der Waals surface area contributed by atoms with E-state index in [0.717, 1.165) is 0 Å². The van der Waals surface area contributed by atoms with E-state index in [1.54, 1.807) is 0 Å². The summed E-state index contributed by atoms with van der Waals surface area (Å²) >= 11 is 0. The second-order valence-corrected chi connectivity index (χ2v) is 0.671. The normalized spacial score (nSPS) is 3.27. The first-order valence-corrected chi connectivity index (χ1v) is 1.64. The Labute approximate surface area is 129 Å². The van der Waals surface area contributed by atoms with Crippen molar-refractivity contribution < 1.29 is 81.9 Å². The van der Waals surface area contributed by atoms with Gasteiger partial charge in [-0.15, -0.1) is 0 Å². The van der Waals surface area contributed by atoms with Crippen LogP contribution in [-0.4, -0.2) is 64.5 Å². The molecule has 0 unspecified atom stereocenters. The van der Waals surface area contributed by atoms with Crippen LogP contribution in [0.4, 0.5) is 0 Å². The summed E-state index contributed by atoms with van der Waals surface area (Å²) in [5.74, 6) is 0. The van der Waals surface area contributed by atoms with Crippen molar-refractivity contribution in [3.05, 3.63) is 46.0 Å². The van der Waals surface area contributed by atoms with Crippen LogP contribution in [0.15, 0.2) is 0 Å². The van der Waals surface area contributed by atoms with Gasteiger partial charge in [0.1, 0.15) is 0 Å². The van der Waals surface area contributed by atoms with E-state index in [2.05, 4.69) is 0 Å². The van der Waals surface area contributed by atoms with Crippen LogP contribution in [0.25, 0.3) is 0 Å². The Morgan fingerprint density at radius 1 is 0.364 bits per heavy atom. The van der Waals surface area contributed by atoms with E-state index in [4.69, 9.17) is 46.0 Å². The average Bonchev–Trinajstić information content (AvgIpc) is 1.54. The molecule has 0 amide bonds.